The maximum atomic E-state index is 13.0. The van der Waals surface area contributed by atoms with Crippen molar-refractivity contribution in [3.8, 4) is 5.75 Å². The summed E-state index contributed by atoms with van der Waals surface area (Å²) in [6, 6.07) is 8.02. The van der Waals surface area contributed by atoms with Crippen LogP contribution >= 0.6 is 0 Å². The Labute approximate surface area is 179 Å². The molecule has 0 aliphatic carbocycles. The molecule has 1 aromatic carbocycles. The highest BCUT2D eigenvalue weighted by molar-refractivity contribution is 5.84. The molecule has 0 saturated carbocycles. The molecule has 5 atom stereocenters. The number of methoxy groups -OCH3 is 1. The van der Waals surface area contributed by atoms with Crippen LogP contribution < -0.4 is 4.74 Å². The second-order valence-electron chi connectivity index (χ2n) is 9.61. The number of nitrogens with zero attached hydrogens (tertiary/aromatic N) is 2. The van der Waals surface area contributed by atoms with E-state index in [9.17, 15) is 4.79 Å². The van der Waals surface area contributed by atoms with E-state index in [1.807, 2.05) is 51.2 Å². The van der Waals surface area contributed by atoms with Gasteiger partial charge in [0.2, 0.25) is 0 Å². The zero-order valence-electron chi connectivity index (χ0n) is 18.4. The fraction of sp³-hybridized carbons (Fsp3) is 0.520. The fourth-order valence-electron chi connectivity index (χ4n) is 4.86. The summed E-state index contributed by atoms with van der Waals surface area (Å²) in [5.41, 5.74) is 1.32. The number of piperidine rings is 3. The summed E-state index contributed by atoms with van der Waals surface area (Å²) in [5, 5.41) is 0.978. The van der Waals surface area contributed by atoms with Crippen molar-refractivity contribution in [2.24, 2.45) is 17.3 Å². The SMILES string of the molecule is C=C[C@H]1CN2CC[C@H]1C[C@@H]2[C@@H](OC(=O)C(C)(C)C)c1ccnc2ccc(OC)cc12. The molecular weight excluding hydrogens is 376 g/mol. The molecule has 0 amide bonds. The predicted molar refractivity (Wildman–Crippen MR) is 118 cm³/mol. The molecule has 3 aliphatic heterocycles. The second kappa shape index (κ2) is 8.03. The first-order valence-corrected chi connectivity index (χ1v) is 10.8. The lowest BCUT2D eigenvalue weighted by Gasteiger charge is -2.51. The number of ether oxygens (including phenoxy) is 2. The highest BCUT2D eigenvalue weighted by Crippen LogP contribution is 2.44. The van der Waals surface area contributed by atoms with Gasteiger partial charge < -0.3 is 9.47 Å². The number of aromatic nitrogens is 1. The van der Waals surface area contributed by atoms with E-state index in [1.165, 1.54) is 6.42 Å². The minimum absolute atomic E-state index is 0.156. The third-order valence-corrected chi connectivity index (χ3v) is 6.64. The first kappa shape index (κ1) is 20.9. The van der Waals surface area contributed by atoms with Gasteiger partial charge in [0.05, 0.1) is 24.1 Å². The average molecular weight is 409 g/mol. The summed E-state index contributed by atoms with van der Waals surface area (Å²) in [7, 11) is 1.66. The van der Waals surface area contributed by atoms with Crippen molar-refractivity contribution in [2.75, 3.05) is 20.2 Å². The van der Waals surface area contributed by atoms with Crippen LogP contribution in [0.15, 0.2) is 43.1 Å². The molecule has 5 rings (SSSR count). The summed E-state index contributed by atoms with van der Waals surface area (Å²) in [6.07, 6.45) is 5.74. The maximum absolute atomic E-state index is 13.0. The van der Waals surface area contributed by atoms with Crippen LogP contribution in [0.5, 0.6) is 5.75 Å². The van der Waals surface area contributed by atoms with E-state index in [-0.39, 0.29) is 18.1 Å². The molecule has 3 aliphatic rings. The molecule has 1 unspecified atom stereocenters. The number of carbonyl (C=O) groups is 1. The summed E-state index contributed by atoms with van der Waals surface area (Å²) in [6.45, 7) is 11.8. The number of carbonyl (C=O) groups excluding carboxylic acids is 1. The molecule has 2 bridgehead atoms. The average Bonchev–Trinajstić information content (AvgIpc) is 2.76. The van der Waals surface area contributed by atoms with E-state index < -0.39 is 5.41 Å². The van der Waals surface area contributed by atoms with Gasteiger partial charge in [0.15, 0.2) is 0 Å². The van der Waals surface area contributed by atoms with Crippen LogP contribution in [0.1, 0.15) is 45.3 Å². The van der Waals surface area contributed by atoms with Crippen molar-refractivity contribution in [3.05, 3.63) is 48.7 Å². The van der Waals surface area contributed by atoms with Gasteiger partial charge in [-0.05, 0) is 76.3 Å². The molecule has 5 nitrogen and oxygen atoms in total. The summed E-state index contributed by atoms with van der Waals surface area (Å²) in [5.74, 6) is 1.71. The molecule has 3 saturated heterocycles. The van der Waals surface area contributed by atoms with Gasteiger partial charge in [-0.25, -0.2) is 0 Å². The van der Waals surface area contributed by atoms with Crippen molar-refractivity contribution in [3.63, 3.8) is 0 Å². The topological polar surface area (TPSA) is 51.7 Å². The van der Waals surface area contributed by atoms with E-state index in [0.717, 1.165) is 41.7 Å². The van der Waals surface area contributed by atoms with Crippen LogP contribution in [0.4, 0.5) is 0 Å². The van der Waals surface area contributed by atoms with Crippen molar-refractivity contribution >= 4 is 16.9 Å². The van der Waals surface area contributed by atoms with Crippen LogP contribution in [0, 0.1) is 17.3 Å². The fourth-order valence-corrected chi connectivity index (χ4v) is 4.86. The Morgan fingerprint density at radius 1 is 1.33 bits per heavy atom. The van der Waals surface area contributed by atoms with Gasteiger partial charge in [0.1, 0.15) is 11.9 Å². The Balaban J connectivity index is 1.78. The van der Waals surface area contributed by atoms with Crippen LogP contribution in [-0.4, -0.2) is 42.1 Å². The molecule has 4 heterocycles. The normalized spacial score (nSPS) is 26.9. The number of pyridine rings is 1. The highest BCUT2D eigenvalue weighted by atomic mass is 16.5. The van der Waals surface area contributed by atoms with Crippen LogP contribution in [-0.2, 0) is 9.53 Å². The third kappa shape index (κ3) is 3.83. The largest absolute Gasteiger partial charge is 0.497 e. The van der Waals surface area contributed by atoms with Crippen molar-refractivity contribution in [2.45, 2.75) is 45.8 Å². The van der Waals surface area contributed by atoms with Crippen LogP contribution in [0.2, 0.25) is 0 Å². The molecule has 2 aromatic rings. The monoisotopic (exact) mass is 408 g/mol. The molecule has 30 heavy (non-hydrogen) atoms. The summed E-state index contributed by atoms with van der Waals surface area (Å²) in [4.78, 5) is 20.0. The van der Waals surface area contributed by atoms with Gasteiger partial charge in [-0.3, -0.25) is 14.7 Å². The predicted octanol–water partition coefficient (Wildman–Crippen LogP) is 4.77. The first-order chi connectivity index (χ1) is 14.3. The van der Waals surface area contributed by atoms with E-state index in [4.69, 9.17) is 9.47 Å². The molecule has 160 valence electrons. The zero-order chi connectivity index (χ0) is 21.5. The van der Waals surface area contributed by atoms with Gasteiger partial charge >= 0.3 is 5.97 Å². The lowest BCUT2D eigenvalue weighted by atomic mass is 9.73. The summed E-state index contributed by atoms with van der Waals surface area (Å²) < 4.78 is 11.7. The molecule has 0 N–H and O–H groups in total. The number of hydrogen-bond acceptors (Lipinski definition) is 5. The van der Waals surface area contributed by atoms with E-state index >= 15 is 0 Å². The Bertz CT molecular complexity index is 949. The second-order valence-corrected chi connectivity index (χ2v) is 9.61. The number of fused-ring (bicyclic) bond motifs is 4. The Morgan fingerprint density at radius 3 is 2.77 bits per heavy atom. The number of hydrogen-bond donors (Lipinski definition) is 0. The number of rotatable bonds is 5. The van der Waals surface area contributed by atoms with Gasteiger partial charge in [-0.1, -0.05) is 6.08 Å². The Hall–Kier alpha value is -2.40. The standard InChI is InChI=1S/C25H32N2O3/c1-6-16-15-27-12-10-17(16)13-22(27)23(30-24(28)25(2,3)4)19-9-11-26-21-8-7-18(29-5)14-20(19)21/h6-9,11,14,16-17,22-23H,1,10,12-13,15H2,2-5H3/t16-,17-,22+,23-/m0/s1. The zero-order valence-corrected chi connectivity index (χ0v) is 18.4. The maximum Gasteiger partial charge on any atom is 0.311 e. The first-order valence-electron chi connectivity index (χ1n) is 10.8. The number of benzene rings is 1. The molecule has 3 fully saturated rings. The Morgan fingerprint density at radius 2 is 2.13 bits per heavy atom. The van der Waals surface area contributed by atoms with Gasteiger partial charge in [-0.2, -0.15) is 0 Å². The Kier molecular flexibility index (Phi) is 5.58. The third-order valence-electron chi connectivity index (χ3n) is 6.64. The quantitative estimate of drug-likeness (QED) is 0.527. The summed E-state index contributed by atoms with van der Waals surface area (Å²) >= 11 is 0. The minimum Gasteiger partial charge on any atom is -0.497 e. The van der Waals surface area contributed by atoms with Gasteiger partial charge in [-0.15, -0.1) is 6.58 Å². The highest BCUT2D eigenvalue weighted by Gasteiger charge is 2.45. The molecule has 5 heteroatoms. The van der Waals surface area contributed by atoms with Gasteiger partial charge in [0.25, 0.3) is 0 Å². The minimum atomic E-state index is -0.564. The van der Waals surface area contributed by atoms with E-state index in [2.05, 4.69) is 22.5 Å². The van der Waals surface area contributed by atoms with Crippen LogP contribution in [0.25, 0.3) is 10.9 Å². The van der Waals surface area contributed by atoms with Crippen LogP contribution in [0.3, 0.4) is 0 Å². The lowest BCUT2D eigenvalue weighted by Crippen LogP contribution is -2.55. The van der Waals surface area contributed by atoms with Crippen molar-refractivity contribution in [1.82, 2.24) is 9.88 Å². The lowest BCUT2D eigenvalue weighted by molar-refractivity contribution is -0.166. The van der Waals surface area contributed by atoms with Crippen molar-refractivity contribution < 1.29 is 14.3 Å². The molecular formula is C25H32N2O3. The van der Waals surface area contributed by atoms with Gasteiger partial charge in [0, 0.05) is 23.7 Å². The molecule has 0 radical (unpaired) electrons. The molecule has 1 aromatic heterocycles. The van der Waals surface area contributed by atoms with E-state index in [0.29, 0.717) is 11.8 Å². The molecule has 0 spiro atoms. The number of esters is 1. The van der Waals surface area contributed by atoms with E-state index in [1.54, 1.807) is 7.11 Å². The smallest absolute Gasteiger partial charge is 0.311 e. The van der Waals surface area contributed by atoms with Crippen molar-refractivity contribution in [1.29, 1.82) is 0 Å².